The maximum absolute atomic E-state index is 14.0. The van der Waals surface area contributed by atoms with Crippen LogP contribution in [0.3, 0.4) is 0 Å². The Morgan fingerprint density at radius 1 is 1.14 bits per heavy atom. The maximum atomic E-state index is 14.0. The third kappa shape index (κ3) is 7.00. The summed E-state index contributed by atoms with van der Waals surface area (Å²) >= 11 is 0. The van der Waals surface area contributed by atoms with Crippen molar-refractivity contribution in [2.45, 2.75) is 31.2 Å². The highest BCUT2D eigenvalue weighted by atomic mass is 32.2. The molecular formula is C30H32FN7O3S. The number of hydrogen-bond donors (Lipinski definition) is 2. The van der Waals surface area contributed by atoms with Gasteiger partial charge in [0.05, 0.1) is 23.2 Å². The Hall–Kier alpha value is -4.58. The van der Waals surface area contributed by atoms with Crippen molar-refractivity contribution in [3.63, 3.8) is 0 Å². The molecule has 1 unspecified atom stereocenters. The molecule has 0 saturated heterocycles. The van der Waals surface area contributed by atoms with Crippen LogP contribution in [-0.4, -0.2) is 52.8 Å². The van der Waals surface area contributed by atoms with E-state index < -0.39 is 15.5 Å². The molecular weight excluding hydrogens is 557 g/mol. The average Bonchev–Trinajstić information content (AvgIpc) is 3.24. The first-order valence-electron chi connectivity index (χ1n) is 13.3. The highest BCUT2D eigenvalue weighted by Crippen LogP contribution is 2.29. The minimum Gasteiger partial charge on any atom is -0.329 e. The van der Waals surface area contributed by atoms with E-state index in [1.54, 1.807) is 48.7 Å². The Morgan fingerprint density at radius 2 is 1.90 bits per heavy atom. The summed E-state index contributed by atoms with van der Waals surface area (Å²) in [5, 5.41) is 6.02. The van der Waals surface area contributed by atoms with Crippen LogP contribution >= 0.6 is 0 Å². The van der Waals surface area contributed by atoms with Gasteiger partial charge in [0, 0.05) is 44.3 Å². The van der Waals surface area contributed by atoms with E-state index in [1.807, 2.05) is 41.8 Å². The fourth-order valence-corrected chi connectivity index (χ4v) is 5.38. The van der Waals surface area contributed by atoms with Gasteiger partial charge in [0.15, 0.2) is 9.84 Å². The van der Waals surface area contributed by atoms with Crippen LogP contribution in [0.15, 0.2) is 78.5 Å². The molecule has 0 bridgehead atoms. The highest BCUT2D eigenvalue weighted by Gasteiger charge is 2.22. The molecule has 10 nitrogen and oxygen atoms in total. The van der Waals surface area contributed by atoms with Crippen molar-refractivity contribution >= 4 is 55.9 Å². The number of anilines is 5. The number of aromatic nitrogens is 4. The van der Waals surface area contributed by atoms with Crippen LogP contribution in [0.5, 0.6) is 0 Å². The van der Waals surface area contributed by atoms with E-state index in [2.05, 4.69) is 25.6 Å². The monoisotopic (exact) mass is 589 g/mol. The van der Waals surface area contributed by atoms with Crippen molar-refractivity contribution in [3.05, 3.63) is 84.1 Å². The topological polar surface area (TPSA) is 122 Å². The molecule has 0 aliphatic heterocycles. The molecule has 5 rings (SSSR count). The quantitative estimate of drug-likeness (QED) is 0.268. The molecule has 1 aliphatic carbocycles. The van der Waals surface area contributed by atoms with Crippen molar-refractivity contribution in [1.29, 1.82) is 0 Å². The first kappa shape index (κ1) is 28.9. The van der Waals surface area contributed by atoms with E-state index in [9.17, 15) is 17.6 Å². The van der Waals surface area contributed by atoms with Gasteiger partial charge < -0.3 is 14.8 Å². The number of amides is 1. The highest BCUT2D eigenvalue weighted by molar-refractivity contribution is 7.89. The van der Waals surface area contributed by atoms with Crippen molar-refractivity contribution in [1.82, 2.24) is 19.5 Å². The Balaban J connectivity index is 1.28. The van der Waals surface area contributed by atoms with Gasteiger partial charge in [-0.15, -0.1) is 0 Å². The first-order chi connectivity index (χ1) is 19.8. The van der Waals surface area contributed by atoms with Gasteiger partial charge in [-0.25, -0.2) is 22.8 Å². The number of fused-ring (bicyclic) bond motifs is 1. The summed E-state index contributed by atoms with van der Waals surface area (Å²) in [5.74, 6) is 1.20. The van der Waals surface area contributed by atoms with Crippen LogP contribution in [0.25, 0.3) is 11.0 Å². The van der Waals surface area contributed by atoms with Gasteiger partial charge in [-0.1, -0.05) is 24.3 Å². The molecule has 4 aromatic rings. The molecule has 218 valence electrons. The number of alkyl halides is 1. The third-order valence-corrected chi connectivity index (χ3v) is 7.76. The molecule has 2 aromatic heterocycles. The lowest BCUT2D eigenvalue weighted by Crippen LogP contribution is -2.18. The number of nitrogens with zero attached hydrogens (tertiary/aromatic N) is 5. The van der Waals surface area contributed by atoms with Crippen molar-refractivity contribution in [2.24, 2.45) is 7.05 Å². The van der Waals surface area contributed by atoms with E-state index in [-0.39, 0.29) is 24.5 Å². The third-order valence-electron chi connectivity index (χ3n) is 6.90. The number of aryl methyl sites for hydroxylation is 1. The lowest BCUT2D eigenvalue weighted by atomic mass is 9.94. The minimum atomic E-state index is -3.11. The summed E-state index contributed by atoms with van der Waals surface area (Å²) in [7, 11) is 0.604. The maximum Gasteiger partial charge on any atom is 0.231 e. The molecule has 1 atom stereocenters. The van der Waals surface area contributed by atoms with Crippen LogP contribution in [-0.2, 0) is 27.4 Å². The molecule has 2 aromatic carbocycles. The van der Waals surface area contributed by atoms with Gasteiger partial charge in [0.25, 0.3) is 0 Å². The Morgan fingerprint density at radius 3 is 2.60 bits per heavy atom. The van der Waals surface area contributed by atoms with E-state index in [0.29, 0.717) is 28.8 Å². The van der Waals surface area contributed by atoms with Gasteiger partial charge in [0.2, 0.25) is 17.8 Å². The summed E-state index contributed by atoms with van der Waals surface area (Å²) in [5.41, 5.74) is 3.21. The molecule has 1 amide bonds. The summed E-state index contributed by atoms with van der Waals surface area (Å²) in [6, 6.07) is 14.6. The Kier molecular flexibility index (Phi) is 7.83. The first-order valence-corrected chi connectivity index (χ1v) is 15.4. The van der Waals surface area contributed by atoms with Crippen LogP contribution < -0.4 is 15.5 Å². The number of imidazole rings is 1. The number of hydrogen-bond acceptors (Lipinski definition) is 8. The van der Waals surface area contributed by atoms with Crippen LogP contribution in [0.1, 0.15) is 25.3 Å². The molecule has 42 heavy (non-hydrogen) atoms. The van der Waals surface area contributed by atoms with Crippen molar-refractivity contribution in [2.75, 3.05) is 28.8 Å². The molecule has 2 N–H and O–H groups in total. The van der Waals surface area contributed by atoms with Gasteiger partial charge in [0.1, 0.15) is 11.5 Å². The van der Waals surface area contributed by atoms with Crippen molar-refractivity contribution in [3.8, 4) is 0 Å². The number of allylic oxidation sites excluding steroid dienone is 3. The number of nitrogens with one attached hydrogen (secondary N) is 2. The predicted molar refractivity (Wildman–Crippen MR) is 164 cm³/mol. The van der Waals surface area contributed by atoms with Gasteiger partial charge in [-0.3, -0.25) is 10.1 Å². The SMILES string of the molecule is CN(c1ccc2c(c1)nc(NC(=O)CC1=CCC(C)(F)C=C1)n2C)c1ccnc(Nc2ccc(CS(C)(=O)=O)cc2)n1. The second-order valence-corrected chi connectivity index (χ2v) is 12.8. The summed E-state index contributed by atoms with van der Waals surface area (Å²) in [4.78, 5) is 28.1. The summed E-state index contributed by atoms with van der Waals surface area (Å²) in [6.45, 7) is 1.51. The predicted octanol–water partition coefficient (Wildman–Crippen LogP) is 5.36. The lowest BCUT2D eigenvalue weighted by molar-refractivity contribution is -0.115. The van der Waals surface area contributed by atoms with Gasteiger partial charge >= 0.3 is 0 Å². The molecule has 0 fully saturated rings. The standard InChI is InChI=1S/C30H32FN7O3S/c1-30(31)14-11-20(12-15-30)17-27(39)36-29-34-24-18-23(9-10-25(24)38(29)3)37(2)26-13-16-32-28(35-26)33-22-7-5-21(6-8-22)19-42(4,40)41/h5-14,16,18H,15,17,19H2,1-4H3,(H,32,33,35)(H,34,36,39). The van der Waals surface area contributed by atoms with Crippen LogP contribution in [0, 0.1) is 0 Å². The van der Waals surface area contributed by atoms with Gasteiger partial charge in [-0.05, 0) is 60.5 Å². The second kappa shape index (κ2) is 11.4. The molecule has 2 heterocycles. The number of carbonyl (C=O) groups excluding carboxylic acids is 1. The number of rotatable bonds is 9. The van der Waals surface area contributed by atoms with E-state index in [1.165, 1.54) is 19.3 Å². The fourth-order valence-electron chi connectivity index (χ4n) is 4.59. The van der Waals surface area contributed by atoms with E-state index >= 15 is 0 Å². The zero-order chi connectivity index (χ0) is 30.1. The molecule has 0 radical (unpaired) electrons. The molecule has 12 heteroatoms. The molecule has 0 spiro atoms. The number of halogens is 1. The zero-order valence-electron chi connectivity index (χ0n) is 23.8. The Bertz CT molecular complexity index is 1810. The smallest absolute Gasteiger partial charge is 0.231 e. The number of carbonyl (C=O) groups is 1. The Labute approximate surface area is 243 Å². The number of sulfone groups is 1. The molecule has 0 saturated carbocycles. The summed E-state index contributed by atoms with van der Waals surface area (Å²) < 4.78 is 38.9. The normalized spacial score (nSPS) is 16.7. The zero-order valence-corrected chi connectivity index (χ0v) is 24.6. The van der Waals surface area contributed by atoms with Gasteiger partial charge in [-0.2, -0.15) is 4.98 Å². The number of benzene rings is 2. The van der Waals surface area contributed by atoms with E-state index in [0.717, 1.165) is 22.5 Å². The van der Waals surface area contributed by atoms with Crippen molar-refractivity contribution < 1.29 is 17.6 Å². The van der Waals surface area contributed by atoms with Crippen LogP contribution in [0.2, 0.25) is 0 Å². The molecule has 1 aliphatic rings. The summed E-state index contributed by atoms with van der Waals surface area (Å²) in [6.07, 6.45) is 8.14. The lowest BCUT2D eigenvalue weighted by Gasteiger charge is -2.19. The van der Waals surface area contributed by atoms with Crippen LogP contribution in [0.4, 0.5) is 33.5 Å². The second-order valence-electron chi connectivity index (χ2n) is 10.7. The fraction of sp³-hybridized carbons (Fsp3) is 0.267. The largest absolute Gasteiger partial charge is 0.329 e. The van der Waals surface area contributed by atoms with E-state index in [4.69, 9.17) is 0 Å². The minimum absolute atomic E-state index is 0.0183. The average molecular weight is 590 g/mol.